The van der Waals surface area contributed by atoms with E-state index in [0.29, 0.717) is 25.3 Å². The Hall–Kier alpha value is -2.08. The summed E-state index contributed by atoms with van der Waals surface area (Å²) >= 11 is 0. The molecular formula is C20H25N3O3. The van der Waals surface area contributed by atoms with Gasteiger partial charge in [-0.1, -0.05) is 12.1 Å². The summed E-state index contributed by atoms with van der Waals surface area (Å²) in [5.41, 5.74) is 5.70. The Bertz CT molecular complexity index is 767. The molecule has 2 amide bonds. The van der Waals surface area contributed by atoms with E-state index in [-0.39, 0.29) is 29.7 Å². The van der Waals surface area contributed by atoms with E-state index >= 15 is 0 Å². The van der Waals surface area contributed by atoms with Crippen LogP contribution in [0, 0.1) is 11.3 Å². The summed E-state index contributed by atoms with van der Waals surface area (Å²) in [6.07, 6.45) is 3.39. The first-order valence-electron chi connectivity index (χ1n) is 9.65. The van der Waals surface area contributed by atoms with Crippen LogP contribution in [-0.2, 0) is 9.59 Å². The van der Waals surface area contributed by atoms with Crippen molar-refractivity contribution in [2.75, 3.05) is 19.6 Å². The molecule has 26 heavy (non-hydrogen) atoms. The Labute approximate surface area is 152 Å². The topological polar surface area (TPSA) is 86.9 Å². The van der Waals surface area contributed by atoms with Gasteiger partial charge in [-0.3, -0.25) is 14.5 Å². The second kappa shape index (κ2) is 5.46. The van der Waals surface area contributed by atoms with Crippen LogP contribution < -0.4 is 5.73 Å². The molecule has 1 aliphatic carbocycles. The third kappa shape index (κ3) is 2.14. The van der Waals surface area contributed by atoms with Crippen molar-refractivity contribution in [1.29, 1.82) is 0 Å². The van der Waals surface area contributed by atoms with Gasteiger partial charge < -0.3 is 15.7 Å². The predicted octanol–water partition coefficient (Wildman–Crippen LogP) is 1.05. The van der Waals surface area contributed by atoms with Gasteiger partial charge in [0.05, 0.1) is 6.04 Å². The van der Waals surface area contributed by atoms with E-state index in [1.54, 1.807) is 6.07 Å². The second-order valence-corrected chi connectivity index (χ2v) is 8.46. The van der Waals surface area contributed by atoms with Crippen molar-refractivity contribution in [1.82, 2.24) is 9.80 Å². The van der Waals surface area contributed by atoms with Crippen LogP contribution in [0.5, 0.6) is 5.75 Å². The quantitative estimate of drug-likeness (QED) is 0.794. The molecule has 4 heterocycles. The molecule has 2 bridgehead atoms. The van der Waals surface area contributed by atoms with E-state index in [4.69, 9.17) is 5.73 Å². The molecular weight excluding hydrogens is 330 g/mol. The molecule has 138 valence electrons. The fourth-order valence-electron chi connectivity index (χ4n) is 5.67. The van der Waals surface area contributed by atoms with Crippen LogP contribution in [0.3, 0.4) is 0 Å². The number of hydrogen-bond donors (Lipinski definition) is 2. The lowest BCUT2D eigenvalue weighted by atomic mass is 9.75. The van der Waals surface area contributed by atoms with Crippen LogP contribution in [0.15, 0.2) is 24.3 Å². The molecule has 0 radical (unpaired) electrons. The van der Waals surface area contributed by atoms with Crippen LogP contribution in [0.1, 0.15) is 37.2 Å². The number of piperidine rings is 3. The number of nitrogens with two attached hydrogens (primary N) is 1. The molecule has 4 saturated heterocycles. The molecule has 1 saturated carbocycles. The number of carbonyl (C=O) groups is 2. The number of hydrogen-bond acceptors (Lipinski definition) is 4. The number of rotatable bonds is 3. The van der Waals surface area contributed by atoms with Gasteiger partial charge >= 0.3 is 0 Å². The first-order chi connectivity index (χ1) is 12.5. The Morgan fingerprint density at radius 1 is 1.15 bits per heavy atom. The van der Waals surface area contributed by atoms with Crippen LogP contribution in [-0.4, -0.2) is 58.4 Å². The number of carbonyl (C=O) groups excluding carboxylic acids is 2. The van der Waals surface area contributed by atoms with Crippen molar-refractivity contribution < 1.29 is 14.7 Å². The number of primary amides is 1. The van der Waals surface area contributed by atoms with Crippen molar-refractivity contribution in [3.8, 4) is 5.75 Å². The molecule has 6 rings (SSSR count). The SMILES string of the molecule is NC(=O)C1(C(=O)N2C[C@H](c3cccc(O)c3)[C@H]3[C@@H]2C2CCN3CC2)CC1. The van der Waals surface area contributed by atoms with E-state index in [9.17, 15) is 14.7 Å². The number of phenols is 1. The molecule has 0 aromatic heterocycles. The number of phenolic OH excluding ortho intramolecular Hbond substituents is 1. The Balaban J connectivity index is 1.53. The van der Waals surface area contributed by atoms with E-state index in [1.165, 1.54) is 0 Å². The first kappa shape index (κ1) is 16.1. The fourth-order valence-corrected chi connectivity index (χ4v) is 5.67. The highest BCUT2D eigenvalue weighted by atomic mass is 16.3. The highest BCUT2D eigenvalue weighted by molar-refractivity contribution is 6.07. The van der Waals surface area contributed by atoms with Crippen LogP contribution in [0.25, 0.3) is 0 Å². The summed E-state index contributed by atoms with van der Waals surface area (Å²) in [5.74, 6) is 0.399. The summed E-state index contributed by atoms with van der Waals surface area (Å²) in [7, 11) is 0. The smallest absolute Gasteiger partial charge is 0.238 e. The summed E-state index contributed by atoms with van der Waals surface area (Å²) in [6.45, 7) is 2.76. The van der Waals surface area contributed by atoms with Crippen molar-refractivity contribution in [2.45, 2.75) is 43.7 Å². The molecule has 5 aliphatic rings. The van der Waals surface area contributed by atoms with Gasteiger partial charge in [0.2, 0.25) is 11.8 Å². The Morgan fingerprint density at radius 2 is 1.88 bits per heavy atom. The van der Waals surface area contributed by atoms with Gasteiger partial charge in [0, 0.05) is 18.5 Å². The van der Waals surface area contributed by atoms with Gasteiger partial charge in [-0.25, -0.2) is 0 Å². The minimum absolute atomic E-state index is 0.0589. The molecule has 3 N–H and O–H groups in total. The lowest BCUT2D eigenvalue weighted by Gasteiger charge is -2.51. The summed E-state index contributed by atoms with van der Waals surface area (Å²) in [6, 6.07) is 7.84. The van der Waals surface area contributed by atoms with E-state index in [0.717, 1.165) is 31.5 Å². The largest absolute Gasteiger partial charge is 0.508 e. The number of benzene rings is 1. The maximum atomic E-state index is 13.3. The average Bonchev–Trinajstić information content (AvgIpc) is 3.36. The van der Waals surface area contributed by atoms with Crippen LogP contribution in [0.2, 0.25) is 0 Å². The van der Waals surface area contributed by atoms with Gasteiger partial charge in [-0.05, 0) is 62.4 Å². The van der Waals surface area contributed by atoms with E-state index in [1.807, 2.05) is 23.1 Å². The maximum absolute atomic E-state index is 13.3. The molecule has 5 fully saturated rings. The van der Waals surface area contributed by atoms with Gasteiger partial charge in [0.1, 0.15) is 11.2 Å². The average molecular weight is 355 g/mol. The highest BCUT2D eigenvalue weighted by Gasteiger charge is 2.62. The number of amides is 2. The lowest BCUT2D eigenvalue weighted by Crippen LogP contribution is -2.61. The van der Waals surface area contributed by atoms with Crippen molar-refractivity contribution >= 4 is 11.8 Å². The second-order valence-electron chi connectivity index (χ2n) is 8.46. The Morgan fingerprint density at radius 3 is 2.50 bits per heavy atom. The molecule has 6 nitrogen and oxygen atoms in total. The minimum atomic E-state index is -0.954. The van der Waals surface area contributed by atoms with Crippen LogP contribution in [0.4, 0.5) is 0 Å². The fraction of sp³-hybridized carbons (Fsp3) is 0.600. The molecule has 0 unspecified atom stereocenters. The zero-order chi connectivity index (χ0) is 18.1. The maximum Gasteiger partial charge on any atom is 0.238 e. The van der Waals surface area contributed by atoms with Crippen molar-refractivity contribution in [3.05, 3.63) is 29.8 Å². The van der Waals surface area contributed by atoms with Gasteiger partial charge in [0.25, 0.3) is 0 Å². The monoisotopic (exact) mass is 355 g/mol. The van der Waals surface area contributed by atoms with Gasteiger partial charge in [-0.15, -0.1) is 0 Å². The van der Waals surface area contributed by atoms with Crippen molar-refractivity contribution in [3.63, 3.8) is 0 Å². The number of aromatic hydroxyl groups is 1. The summed E-state index contributed by atoms with van der Waals surface area (Å²) in [5, 5.41) is 9.93. The molecule has 1 aromatic carbocycles. The lowest BCUT2D eigenvalue weighted by molar-refractivity contribution is -0.146. The summed E-state index contributed by atoms with van der Waals surface area (Å²) < 4.78 is 0. The molecule has 6 heteroatoms. The third-order valence-corrected chi connectivity index (χ3v) is 7.18. The van der Waals surface area contributed by atoms with Gasteiger partial charge in [0.15, 0.2) is 0 Å². The minimum Gasteiger partial charge on any atom is -0.508 e. The zero-order valence-electron chi connectivity index (χ0n) is 14.8. The number of fused-ring (bicyclic) bond motifs is 2. The van der Waals surface area contributed by atoms with Crippen LogP contribution >= 0.6 is 0 Å². The number of likely N-dealkylation sites (tertiary alicyclic amines) is 1. The first-order valence-corrected chi connectivity index (χ1v) is 9.65. The Kier molecular flexibility index (Phi) is 3.38. The molecule has 0 spiro atoms. The predicted molar refractivity (Wildman–Crippen MR) is 95.3 cm³/mol. The standard InChI is InChI=1S/C20H25N3O3/c21-18(25)20(6-7-20)19(26)23-11-15(13-2-1-3-14(24)10-13)17-16(23)12-4-8-22(17)9-5-12/h1-3,10,12,15-17,24H,4-9,11H2,(H2,21,25)/t15-,16+,17+/m1/s1. The number of nitrogens with zero attached hydrogens (tertiary/aromatic N) is 2. The normalized spacial score (nSPS) is 36.6. The van der Waals surface area contributed by atoms with E-state index in [2.05, 4.69) is 4.90 Å². The molecule has 3 atom stereocenters. The molecule has 4 aliphatic heterocycles. The third-order valence-electron chi connectivity index (χ3n) is 7.18. The van der Waals surface area contributed by atoms with E-state index < -0.39 is 11.3 Å². The zero-order valence-corrected chi connectivity index (χ0v) is 14.8. The van der Waals surface area contributed by atoms with Gasteiger partial charge in [-0.2, -0.15) is 0 Å². The summed E-state index contributed by atoms with van der Waals surface area (Å²) in [4.78, 5) is 29.7. The molecule has 1 aromatic rings. The highest BCUT2D eigenvalue weighted by Crippen LogP contribution is 2.52. The van der Waals surface area contributed by atoms with Crippen molar-refractivity contribution in [2.24, 2.45) is 17.1 Å².